The summed E-state index contributed by atoms with van der Waals surface area (Å²) < 4.78 is 0. The molecule has 0 aromatic heterocycles. The summed E-state index contributed by atoms with van der Waals surface area (Å²) in [7, 11) is 0. The third-order valence-electron chi connectivity index (χ3n) is 4.39. The van der Waals surface area contributed by atoms with E-state index < -0.39 is 0 Å². The summed E-state index contributed by atoms with van der Waals surface area (Å²) in [6.07, 6.45) is 5.24. The molecule has 3 N–H and O–H groups in total. The van der Waals surface area contributed by atoms with Crippen LogP contribution in [0, 0.1) is 23.7 Å². The standard InChI is InChI=1S/C16H32N2O/c1-11(2)7-14(10-17)9-16(19)18-15-6-5-12(3)8-13(15)4/h11-15H,5-10,17H2,1-4H3,(H,18,19)/t12?,13?,14-,15?/m0/s1. The van der Waals surface area contributed by atoms with E-state index in [-0.39, 0.29) is 5.91 Å². The summed E-state index contributed by atoms with van der Waals surface area (Å²) in [6, 6.07) is 0.376. The number of carbonyl (C=O) groups excluding carboxylic acids is 1. The van der Waals surface area contributed by atoms with Gasteiger partial charge in [-0.05, 0) is 55.9 Å². The van der Waals surface area contributed by atoms with Crippen LogP contribution >= 0.6 is 0 Å². The molecule has 112 valence electrons. The number of hydrogen-bond acceptors (Lipinski definition) is 2. The molecule has 0 saturated heterocycles. The highest BCUT2D eigenvalue weighted by molar-refractivity contribution is 5.76. The van der Waals surface area contributed by atoms with Crippen molar-refractivity contribution in [2.75, 3.05) is 6.54 Å². The lowest BCUT2D eigenvalue weighted by Gasteiger charge is -2.33. The van der Waals surface area contributed by atoms with E-state index in [4.69, 9.17) is 5.73 Å². The zero-order chi connectivity index (χ0) is 14.4. The SMILES string of the molecule is CC(C)C[C@H](CN)CC(=O)NC1CCC(C)CC1C. The van der Waals surface area contributed by atoms with Crippen LogP contribution in [0.3, 0.4) is 0 Å². The second-order valence-corrected chi connectivity index (χ2v) is 7.00. The van der Waals surface area contributed by atoms with Gasteiger partial charge in [0.25, 0.3) is 0 Å². The van der Waals surface area contributed by atoms with E-state index in [0.717, 1.165) is 18.8 Å². The van der Waals surface area contributed by atoms with Gasteiger partial charge < -0.3 is 11.1 Å². The first kappa shape index (κ1) is 16.5. The third kappa shape index (κ3) is 5.94. The quantitative estimate of drug-likeness (QED) is 0.778. The molecule has 3 unspecified atom stereocenters. The fourth-order valence-corrected chi connectivity index (χ4v) is 3.34. The number of carbonyl (C=O) groups is 1. The Labute approximate surface area is 118 Å². The molecule has 1 aliphatic rings. The molecule has 0 bridgehead atoms. The smallest absolute Gasteiger partial charge is 0.220 e. The molecular formula is C16H32N2O. The van der Waals surface area contributed by atoms with Crippen LogP contribution < -0.4 is 11.1 Å². The number of amides is 1. The summed E-state index contributed by atoms with van der Waals surface area (Å²) in [5.41, 5.74) is 5.77. The fourth-order valence-electron chi connectivity index (χ4n) is 3.34. The van der Waals surface area contributed by atoms with Gasteiger partial charge in [-0.15, -0.1) is 0 Å². The minimum absolute atomic E-state index is 0.197. The topological polar surface area (TPSA) is 55.1 Å². The Bertz CT molecular complexity index is 278. The molecule has 19 heavy (non-hydrogen) atoms. The van der Waals surface area contributed by atoms with E-state index >= 15 is 0 Å². The number of hydrogen-bond donors (Lipinski definition) is 2. The fraction of sp³-hybridized carbons (Fsp3) is 0.938. The lowest BCUT2D eigenvalue weighted by Crippen LogP contribution is -2.43. The van der Waals surface area contributed by atoms with Gasteiger partial charge in [0.15, 0.2) is 0 Å². The Morgan fingerprint density at radius 3 is 2.53 bits per heavy atom. The highest BCUT2D eigenvalue weighted by atomic mass is 16.1. The first-order chi connectivity index (χ1) is 8.92. The van der Waals surface area contributed by atoms with Crippen LogP contribution in [0.1, 0.15) is 59.8 Å². The molecule has 1 saturated carbocycles. The first-order valence-corrected chi connectivity index (χ1v) is 7.91. The Morgan fingerprint density at radius 2 is 2.00 bits per heavy atom. The average Bonchev–Trinajstić information content (AvgIpc) is 2.31. The molecule has 0 aromatic rings. The van der Waals surface area contributed by atoms with E-state index in [1.165, 1.54) is 12.8 Å². The summed E-state index contributed by atoms with van der Waals surface area (Å²) >= 11 is 0. The van der Waals surface area contributed by atoms with Crippen molar-refractivity contribution in [3.05, 3.63) is 0 Å². The van der Waals surface area contributed by atoms with E-state index in [1.807, 2.05) is 0 Å². The van der Waals surface area contributed by atoms with Crippen LogP contribution in [0.5, 0.6) is 0 Å². The molecule has 0 heterocycles. The van der Waals surface area contributed by atoms with Gasteiger partial charge in [0.05, 0.1) is 0 Å². The largest absolute Gasteiger partial charge is 0.353 e. The molecule has 3 heteroatoms. The van der Waals surface area contributed by atoms with Gasteiger partial charge in [-0.1, -0.05) is 27.7 Å². The highest BCUT2D eigenvalue weighted by Crippen LogP contribution is 2.28. The van der Waals surface area contributed by atoms with Crippen LogP contribution in [-0.2, 0) is 4.79 Å². The van der Waals surface area contributed by atoms with Crippen molar-refractivity contribution in [1.82, 2.24) is 5.32 Å². The Hall–Kier alpha value is -0.570. The Morgan fingerprint density at radius 1 is 1.32 bits per heavy atom. The van der Waals surface area contributed by atoms with Crippen molar-refractivity contribution in [1.29, 1.82) is 0 Å². The zero-order valence-corrected chi connectivity index (χ0v) is 13.1. The van der Waals surface area contributed by atoms with Gasteiger partial charge in [0.2, 0.25) is 5.91 Å². The lowest BCUT2D eigenvalue weighted by molar-refractivity contribution is -0.123. The predicted molar refractivity (Wildman–Crippen MR) is 80.7 cm³/mol. The summed E-state index contributed by atoms with van der Waals surface area (Å²) in [4.78, 5) is 12.1. The number of nitrogens with two attached hydrogens (primary N) is 1. The van der Waals surface area contributed by atoms with Crippen LogP contribution in [0.4, 0.5) is 0 Å². The van der Waals surface area contributed by atoms with Crippen molar-refractivity contribution in [2.24, 2.45) is 29.4 Å². The second kappa shape index (κ2) is 7.88. The maximum atomic E-state index is 12.1. The third-order valence-corrected chi connectivity index (χ3v) is 4.39. The summed E-state index contributed by atoms with van der Waals surface area (Å²) in [5.74, 6) is 2.55. The van der Waals surface area contributed by atoms with Crippen LogP contribution in [0.25, 0.3) is 0 Å². The van der Waals surface area contributed by atoms with Crippen LogP contribution in [0.2, 0.25) is 0 Å². The highest BCUT2D eigenvalue weighted by Gasteiger charge is 2.27. The normalized spacial score (nSPS) is 29.3. The van der Waals surface area contributed by atoms with Gasteiger partial charge in [0.1, 0.15) is 0 Å². The van der Waals surface area contributed by atoms with Crippen molar-refractivity contribution in [2.45, 2.75) is 65.8 Å². The summed E-state index contributed by atoms with van der Waals surface area (Å²) in [6.45, 7) is 9.55. The Balaban J connectivity index is 2.37. The van der Waals surface area contributed by atoms with Crippen molar-refractivity contribution in [3.63, 3.8) is 0 Å². The van der Waals surface area contributed by atoms with Crippen molar-refractivity contribution in [3.8, 4) is 0 Å². The van der Waals surface area contributed by atoms with E-state index in [9.17, 15) is 4.79 Å². The number of nitrogens with one attached hydrogen (secondary N) is 1. The monoisotopic (exact) mass is 268 g/mol. The average molecular weight is 268 g/mol. The first-order valence-electron chi connectivity index (χ1n) is 7.91. The van der Waals surface area contributed by atoms with Gasteiger partial charge in [-0.3, -0.25) is 4.79 Å². The molecule has 1 rings (SSSR count). The van der Waals surface area contributed by atoms with Gasteiger partial charge >= 0.3 is 0 Å². The maximum Gasteiger partial charge on any atom is 0.220 e. The zero-order valence-electron chi connectivity index (χ0n) is 13.1. The molecule has 1 fully saturated rings. The van der Waals surface area contributed by atoms with Crippen LogP contribution in [-0.4, -0.2) is 18.5 Å². The maximum absolute atomic E-state index is 12.1. The van der Waals surface area contributed by atoms with Crippen molar-refractivity contribution >= 4 is 5.91 Å². The van der Waals surface area contributed by atoms with Gasteiger partial charge in [-0.25, -0.2) is 0 Å². The van der Waals surface area contributed by atoms with E-state index in [1.54, 1.807) is 0 Å². The molecule has 3 nitrogen and oxygen atoms in total. The molecule has 0 aromatic carbocycles. The molecule has 0 aliphatic heterocycles. The molecule has 0 radical (unpaired) electrons. The second-order valence-electron chi connectivity index (χ2n) is 7.00. The van der Waals surface area contributed by atoms with Crippen molar-refractivity contribution < 1.29 is 4.79 Å². The van der Waals surface area contributed by atoms with Crippen LogP contribution in [0.15, 0.2) is 0 Å². The lowest BCUT2D eigenvalue weighted by atomic mass is 9.80. The molecule has 0 spiro atoms. The number of rotatable bonds is 6. The van der Waals surface area contributed by atoms with Gasteiger partial charge in [0, 0.05) is 12.5 Å². The Kier molecular flexibility index (Phi) is 6.84. The molecule has 1 aliphatic carbocycles. The summed E-state index contributed by atoms with van der Waals surface area (Å²) in [5, 5.41) is 3.23. The van der Waals surface area contributed by atoms with E-state index in [0.29, 0.717) is 36.8 Å². The van der Waals surface area contributed by atoms with Gasteiger partial charge in [-0.2, -0.15) is 0 Å². The molecule has 1 amide bonds. The van der Waals surface area contributed by atoms with E-state index in [2.05, 4.69) is 33.0 Å². The minimum Gasteiger partial charge on any atom is -0.353 e. The molecule has 4 atom stereocenters. The minimum atomic E-state index is 0.197. The predicted octanol–water partition coefficient (Wildman–Crippen LogP) is 2.94. The molecular weight excluding hydrogens is 236 g/mol.